The summed E-state index contributed by atoms with van der Waals surface area (Å²) in [6.07, 6.45) is 0. The van der Waals surface area contributed by atoms with Gasteiger partial charge in [0.05, 0.1) is 16.3 Å². The predicted molar refractivity (Wildman–Crippen MR) is 149 cm³/mol. The summed E-state index contributed by atoms with van der Waals surface area (Å²) in [7, 11) is 0. The molecule has 0 N–H and O–H groups in total. The molecule has 0 bridgehead atoms. The molecule has 0 saturated carbocycles. The normalized spacial score (nSPS) is 11.0. The Labute approximate surface area is 247 Å². The van der Waals surface area contributed by atoms with Gasteiger partial charge in [0.15, 0.2) is 23.3 Å². The van der Waals surface area contributed by atoms with Crippen molar-refractivity contribution < 1.29 is 27.0 Å². The van der Waals surface area contributed by atoms with Gasteiger partial charge in [0.2, 0.25) is 5.88 Å². The lowest BCUT2D eigenvalue weighted by molar-refractivity contribution is 0.259. The molecular weight excluding hydrogens is 603 g/mol. The van der Waals surface area contributed by atoms with E-state index in [1.54, 1.807) is 36.4 Å². The monoisotopic (exact) mass is 618 g/mol. The second kappa shape index (κ2) is 12.3. The van der Waals surface area contributed by atoms with Crippen LogP contribution in [0.1, 0.15) is 11.1 Å². The van der Waals surface area contributed by atoms with Crippen molar-refractivity contribution >= 4 is 34.8 Å². The minimum absolute atomic E-state index is 0.0216. The first-order valence-electron chi connectivity index (χ1n) is 11.9. The molecule has 0 atom stereocenters. The van der Waals surface area contributed by atoms with Crippen molar-refractivity contribution in [2.75, 3.05) is 0 Å². The molecule has 0 unspecified atom stereocenters. The third-order valence-electron chi connectivity index (χ3n) is 5.89. The van der Waals surface area contributed by atoms with Gasteiger partial charge in [-0.1, -0.05) is 59.1 Å². The number of rotatable bonds is 8. The van der Waals surface area contributed by atoms with E-state index in [-0.39, 0.29) is 30.1 Å². The van der Waals surface area contributed by atoms with Crippen LogP contribution in [-0.2, 0) is 13.2 Å². The van der Waals surface area contributed by atoms with E-state index < -0.39 is 23.3 Å². The van der Waals surface area contributed by atoms with E-state index in [1.165, 1.54) is 18.2 Å². The summed E-state index contributed by atoms with van der Waals surface area (Å²) < 4.78 is 66.3. The molecule has 0 amide bonds. The molecule has 0 fully saturated rings. The molecule has 11 heteroatoms. The van der Waals surface area contributed by atoms with E-state index in [9.17, 15) is 17.6 Å². The van der Waals surface area contributed by atoms with Crippen LogP contribution in [0, 0.1) is 23.3 Å². The van der Waals surface area contributed by atoms with E-state index in [1.807, 2.05) is 0 Å². The van der Waals surface area contributed by atoms with Crippen molar-refractivity contribution in [2.45, 2.75) is 13.2 Å². The molecule has 5 rings (SSSR count). The number of nitrogens with zero attached hydrogens (tertiary/aromatic N) is 2. The van der Waals surface area contributed by atoms with E-state index >= 15 is 0 Å². The maximum absolute atomic E-state index is 13.9. The average molecular weight is 620 g/mol. The lowest BCUT2D eigenvalue weighted by Crippen LogP contribution is -2.07. The third kappa shape index (κ3) is 6.73. The van der Waals surface area contributed by atoms with Crippen LogP contribution in [0.2, 0.25) is 15.1 Å². The highest BCUT2D eigenvalue weighted by Gasteiger charge is 2.22. The Morgan fingerprint density at radius 3 is 1.76 bits per heavy atom. The minimum atomic E-state index is -1.03. The van der Waals surface area contributed by atoms with Crippen molar-refractivity contribution in [1.82, 2.24) is 9.97 Å². The first-order chi connectivity index (χ1) is 19.7. The fourth-order valence-electron chi connectivity index (χ4n) is 3.90. The molecule has 208 valence electrons. The summed E-state index contributed by atoms with van der Waals surface area (Å²) >= 11 is 18.8. The van der Waals surface area contributed by atoms with Crippen LogP contribution in [0.25, 0.3) is 22.4 Å². The molecule has 0 spiro atoms. The smallest absolute Gasteiger partial charge is 0.320 e. The summed E-state index contributed by atoms with van der Waals surface area (Å²) in [4.78, 5) is 9.00. The zero-order valence-corrected chi connectivity index (χ0v) is 23.0. The van der Waals surface area contributed by atoms with Crippen molar-refractivity contribution in [3.8, 4) is 34.3 Å². The zero-order chi connectivity index (χ0) is 29.1. The topological polar surface area (TPSA) is 44.2 Å². The molecular formula is C30H17Cl3F4N2O2. The van der Waals surface area contributed by atoms with Gasteiger partial charge in [-0.25, -0.2) is 17.6 Å². The Kier molecular flexibility index (Phi) is 8.63. The van der Waals surface area contributed by atoms with Crippen molar-refractivity contribution in [3.63, 3.8) is 0 Å². The number of hydrogen-bond donors (Lipinski definition) is 0. The largest absolute Gasteiger partial charge is 0.472 e. The number of benzene rings is 4. The molecule has 1 heterocycles. The fraction of sp³-hybridized carbons (Fsp3) is 0.0667. The first-order valence-corrected chi connectivity index (χ1v) is 13.1. The Balaban J connectivity index is 1.63. The Hall–Kier alpha value is -3.85. The highest BCUT2D eigenvalue weighted by Crippen LogP contribution is 2.42. The second-order valence-electron chi connectivity index (χ2n) is 8.74. The molecule has 41 heavy (non-hydrogen) atoms. The highest BCUT2D eigenvalue weighted by atomic mass is 35.5. The molecule has 5 aromatic rings. The van der Waals surface area contributed by atoms with Crippen LogP contribution in [0.15, 0.2) is 78.9 Å². The lowest BCUT2D eigenvalue weighted by Gasteiger charge is -2.17. The molecule has 0 saturated heterocycles. The Morgan fingerprint density at radius 1 is 0.585 bits per heavy atom. The summed E-state index contributed by atoms with van der Waals surface area (Å²) in [5.41, 5.74) is 2.41. The van der Waals surface area contributed by atoms with Gasteiger partial charge in [-0.3, -0.25) is 0 Å². The quantitative estimate of drug-likeness (QED) is 0.162. The summed E-state index contributed by atoms with van der Waals surface area (Å²) in [6, 6.07) is 18.1. The summed E-state index contributed by atoms with van der Waals surface area (Å²) in [6.45, 7) is -0.390. The molecule has 4 nitrogen and oxygen atoms in total. The van der Waals surface area contributed by atoms with Crippen molar-refractivity contribution in [2.24, 2.45) is 0 Å². The highest BCUT2D eigenvalue weighted by molar-refractivity contribution is 6.36. The Bertz CT molecular complexity index is 1740. The van der Waals surface area contributed by atoms with Gasteiger partial charge in [0.25, 0.3) is 0 Å². The SMILES string of the molecule is Fc1ccc(COc2nc(OCc3ccc(F)c(F)c3)c(-c3ccc(Cl)cc3)c(-c3ccc(Cl)cc3Cl)n2)cc1F. The van der Waals surface area contributed by atoms with Gasteiger partial charge in [-0.2, -0.15) is 9.97 Å². The average Bonchev–Trinajstić information content (AvgIpc) is 2.94. The molecule has 0 aliphatic heterocycles. The lowest BCUT2D eigenvalue weighted by atomic mass is 10.00. The first kappa shape index (κ1) is 28.7. The minimum Gasteiger partial charge on any atom is -0.472 e. The maximum atomic E-state index is 13.9. The van der Waals surface area contributed by atoms with Gasteiger partial charge in [-0.15, -0.1) is 0 Å². The maximum Gasteiger partial charge on any atom is 0.320 e. The molecule has 1 aromatic heterocycles. The van der Waals surface area contributed by atoms with E-state index in [4.69, 9.17) is 44.3 Å². The number of ether oxygens (including phenoxy) is 2. The number of halogens is 7. The van der Waals surface area contributed by atoms with Crippen molar-refractivity contribution in [1.29, 1.82) is 0 Å². The number of aromatic nitrogens is 2. The van der Waals surface area contributed by atoms with Crippen LogP contribution < -0.4 is 9.47 Å². The van der Waals surface area contributed by atoms with Crippen LogP contribution in [0.3, 0.4) is 0 Å². The predicted octanol–water partition coefficient (Wildman–Crippen LogP) is 9.49. The van der Waals surface area contributed by atoms with E-state index in [0.717, 1.165) is 24.3 Å². The Morgan fingerprint density at radius 2 is 1.17 bits per heavy atom. The van der Waals surface area contributed by atoms with E-state index in [2.05, 4.69) is 9.97 Å². The second-order valence-corrected chi connectivity index (χ2v) is 10.0. The van der Waals surface area contributed by atoms with Gasteiger partial charge < -0.3 is 9.47 Å². The van der Waals surface area contributed by atoms with Crippen LogP contribution in [-0.4, -0.2) is 9.97 Å². The molecule has 0 aliphatic rings. The fourth-order valence-corrected chi connectivity index (χ4v) is 4.53. The third-order valence-corrected chi connectivity index (χ3v) is 6.69. The van der Waals surface area contributed by atoms with E-state index in [0.29, 0.717) is 43.6 Å². The zero-order valence-electron chi connectivity index (χ0n) is 20.8. The molecule has 0 radical (unpaired) electrons. The van der Waals surface area contributed by atoms with Gasteiger partial charge in [0, 0.05) is 15.6 Å². The van der Waals surface area contributed by atoms with Gasteiger partial charge >= 0.3 is 6.01 Å². The van der Waals surface area contributed by atoms with Crippen molar-refractivity contribution in [3.05, 3.63) is 128 Å². The standard InChI is InChI=1S/C30H17Cl3F4N2O2/c31-19-5-3-18(4-6-19)27-28(21-8-7-20(32)13-22(21)33)38-30(41-15-17-2-10-24(35)26(37)12-17)39-29(27)40-14-16-1-9-23(34)25(36)11-16/h1-13H,14-15H2. The van der Waals surface area contributed by atoms with Crippen LogP contribution in [0.5, 0.6) is 11.9 Å². The molecule has 0 aliphatic carbocycles. The molecule has 4 aromatic carbocycles. The van der Waals surface area contributed by atoms with Gasteiger partial charge in [0.1, 0.15) is 13.2 Å². The van der Waals surface area contributed by atoms with Crippen LogP contribution in [0.4, 0.5) is 17.6 Å². The summed E-state index contributed by atoms with van der Waals surface area (Å²) in [5, 5.41) is 1.14. The van der Waals surface area contributed by atoms with Crippen LogP contribution >= 0.6 is 34.8 Å². The van der Waals surface area contributed by atoms with Gasteiger partial charge in [-0.05, 0) is 71.3 Å². The number of hydrogen-bond acceptors (Lipinski definition) is 4. The summed E-state index contributed by atoms with van der Waals surface area (Å²) in [5.74, 6) is -4.03.